The van der Waals surface area contributed by atoms with Gasteiger partial charge in [0.1, 0.15) is 19.3 Å². The third kappa shape index (κ3) is 76.3. The van der Waals surface area contributed by atoms with Gasteiger partial charge in [0.25, 0.3) is 0 Å². The van der Waals surface area contributed by atoms with Crippen LogP contribution in [0.15, 0.2) is 0 Å². The first kappa shape index (κ1) is 100. The lowest BCUT2D eigenvalue weighted by Crippen LogP contribution is -2.30. The Balaban J connectivity index is 5.19. The van der Waals surface area contributed by atoms with E-state index in [4.69, 9.17) is 37.0 Å². The molecule has 0 radical (unpaired) electrons. The first-order valence-electron chi connectivity index (χ1n) is 43.0. The number of carbonyl (C=O) groups is 4. The molecule has 0 aromatic rings. The summed E-state index contributed by atoms with van der Waals surface area (Å²) < 4.78 is 68.7. The van der Waals surface area contributed by atoms with Crippen molar-refractivity contribution < 1.29 is 80.2 Å². The van der Waals surface area contributed by atoms with Crippen LogP contribution >= 0.6 is 15.6 Å². The van der Waals surface area contributed by atoms with E-state index in [0.29, 0.717) is 31.6 Å². The Morgan fingerprint density at radius 1 is 0.265 bits per heavy atom. The van der Waals surface area contributed by atoms with Crippen molar-refractivity contribution in [2.75, 3.05) is 39.6 Å². The number of hydrogen-bond acceptors (Lipinski definition) is 15. The van der Waals surface area contributed by atoms with E-state index < -0.39 is 97.5 Å². The van der Waals surface area contributed by atoms with Crippen molar-refractivity contribution in [1.82, 2.24) is 0 Å². The number of phosphoric acid groups is 2. The fraction of sp³-hybridized carbons (Fsp3) is 0.952. The highest BCUT2D eigenvalue weighted by molar-refractivity contribution is 7.47. The van der Waals surface area contributed by atoms with E-state index in [2.05, 4.69) is 41.5 Å². The first-order chi connectivity index (χ1) is 49.4. The van der Waals surface area contributed by atoms with Gasteiger partial charge >= 0.3 is 39.5 Å². The van der Waals surface area contributed by atoms with E-state index in [1.54, 1.807) is 0 Å². The van der Waals surface area contributed by atoms with Gasteiger partial charge in [0.05, 0.1) is 26.4 Å². The predicted octanol–water partition coefficient (Wildman–Crippen LogP) is 25.1. The molecule has 0 fully saturated rings. The number of carbonyl (C=O) groups excluding carboxylic acids is 4. The standard InChI is InChI=1S/C83H162O17P2/c1-7-9-11-13-15-17-19-21-22-23-24-25-29-32-35-39-42-46-53-59-65-80(85)93-71-78(99-83(88)68-62-56-48-44-40-36-33-30-27-26-28-31-34-37-41-45-51-57-63-75(3)4)73-97-101(89,90)95-69-77(84)70-96-102(91,92)98-74-79(72-94-81(86)66-60-54-50-49-52-58-64-76(5)6)100-82(87)67-61-55-47-43-38-20-18-16-14-12-10-8-2/h75-79,84H,7-74H2,1-6H3,(H,89,90)(H,91,92)/t77-,78-,79-/m1/s1. The van der Waals surface area contributed by atoms with Crippen LogP contribution in [0, 0.1) is 11.8 Å². The number of aliphatic hydroxyl groups excluding tert-OH is 1. The van der Waals surface area contributed by atoms with Gasteiger partial charge in [0.2, 0.25) is 0 Å². The fourth-order valence-electron chi connectivity index (χ4n) is 12.9. The minimum Gasteiger partial charge on any atom is -0.462 e. The minimum absolute atomic E-state index is 0.107. The van der Waals surface area contributed by atoms with Crippen LogP contribution in [0.25, 0.3) is 0 Å². The zero-order valence-corrected chi connectivity index (χ0v) is 68.7. The monoisotopic (exact) mass is 1490 g/mol. The maximum absolute atomic E-state index is 13.1. The van der Waals surface area contributed by atoms with E-state index in [9.17, 15) is 43.2 Å². The van der Waals surface area contributed by atoms with Crippen molar-refractivity contribution in [3.05, 3.63) is 0 Å². The van der Waals surface area contributed by atoms with Gasteiger partial charge in [-0.05, 0) is 37.5 Å². The second kappa shape index (κ2) is 74.5. The number of esters is 4. The van der Waals surface area contributed by atoms with Crippen molar-refractivity contribution in [1.29, 1.82) is 0 Å². The average molecular weight is 1490 g/mol. The maximum atomic E-state index is 13.1. The third-order valence-electron chi connectivity index (χ3n) is 19.5. The van der Waals surface area contributed by atoms with Crippen LogP contribution in [0.4, 0.5) is 0 Å². The SMILES string of the molecule is CCCCCCCCCCCCCCCCCCCCCCC(=O)OC[C@H](COP(=O)(O)OC[C@@H](O)COP(=O)(O)OC[C@@H](COC(=O)CCCCCCCCC(C)C)OC(=O)CCCCCCCCCCCCCC)OC(=O)CCCCCCCCCCCCCCCCCCCCC(C)C. The zero-order chi connectivity index (χ0) is 74.9. The van der Waals surface area contributed by atoms with Gasteiger partial charge in [-0.15, -0.1) is 0 Å². The molecule has 2 unspecified atom stereocenters. The summed E-state index contributed by atoms with van der Waals surface area (Å²) in [5, 5.41) is 10.6. The molecular weight excluding hydrogens is 1330 g/mol. The van der Waals surface area contributed by atoms with Crippen LogP contribution in [-0.4, -0.2) is 96.7 Å². The van der Waals surface area contributed by atoms with E-state index in [1.165, 1.54) is 250 Å². The summed E-state index contributed by atoms with van der Waals surface area (Å²) in [7, 11) is -9.92. The Morgan fingerprint density at radius 3 is 0.667 bits per heavy atom. The lowest BCUT2D eigenvalue weighted by Gasteiger charge is -2.21. The van der Waals surface area contributed by atoms with Crippen LogP contribution in [0.3, 0.4) is 0 Å². The summed E-state index contributed by atoms with van der Waals surface area (Å²) in [5.74, 6) is -0.609. The summed E-state index contributed by atoms with van der Waals surface area (Å²) in [6.45, 7) is 9.59. The fourth-order valence-corrected chi connectivity index (χ4v) is 14.5. The second-order valence-corrected chi connectivity index (χ2v) is 33.7. The van der Waals surface area contributed by atoms with Crippen LogP contribution in [0.2, 0.25) is 0 Å². The molecule has 0 spiro atoms. The molecule has 17 nitrogen and oxygen atoms in total. The predicted molar refractivity (Wildman–Crippen MR) is 418 cm³/mol. The topological polar surface area (TPSA) is 237 Å². The Morgan fingerprint density at radius 2 is 0.451 bits per heavy atom. The molecule has 0 aliphatic rings. The second-order valence-electron chi connectivity index (χ2n) is 30.8. The van der Waals surface area contributed by atoms with Crippen LogP contribution in [-0.2, 0) is 65.4 Å². The van der Waals surface area contributed by atoms with Crippen molar-refractivity contribution in [3.8, 4) is 0 Å². The van der Waals surface area contributed by atoms with Crippen molar-refractivity contribution in [2.45, 2.75) is 458 Å². The number of hydrogen-bond donors (Lipinski definition) is 3. The molecule has 3 N–H and O–H groups in total. The van der Waals surface area contributed by atoms with Crippen LogP contribution in [0.5, 0.6) is 0 Å². The van der Waals surface area contributed by atoms with E-state index in [1.807, 2.05) is 0 Å². The molecular formula is C83H162O17P2. The molecule has 19 heteroatoms. The van der Waals surface area contributed by atoms with Gasteiger partial charge < -0.3 is 33.8 Å². The van der Waals surface area contributed by atoms with Crippen LogP contribution < -0.4 is 0 Å². The van der Waals surface area contributed by atoms with Gasteiger partial charge in [0.15, 0.2) is 12.2 Å². The van der Waals surface area contributed by atoms with E-state index in [0.717, 1.165) is 102 Å². The molecule has 0 heterocycles. The Hall–Kier alpha value is -1.94. The highest BCUT2D eigenvalue weighted by Gasteiger charge is 2.30. The van der Waals surface area contributed by atoms with E-state index >= 15 is 0 Å². The van der Waals surface area contributed by atoms with Gasteiger partial charge in [-0.25, -0.2) is 9.13 Å². The Bertz CT molecular complexity index is 1960. The molecule has 0 bridgehead atoms. The first-order valence-corrected chi connectivity index (χ1v) is 46.0. The highest BCUT2D eigenvalue weighted by Crippen LogP contribution is 2.45. The molecule has 606 valence electrons. The molecule has 0 aliphatic heterocycles. The molecule has 102 heavy (non-hydrogen) atoms. The summed E-state index contributed by atoms with van der Waals surface area (Å²) in [5.41, 5.74) is 0. The van der Waals surface area contributed by atoms with Gasteiger partial charge in [-0.3, -0.25) is 37.3 Å². The molecule has 5 atom stereocenters. The average Bonchev–Trinajstić information content (AvgIpc) is 0.913. The van der Waals surface area contributed by atoms with Crippen molar-refractivity contribution in [3.63, 3.8) is 0 Å². The molecule has 0 saturated carbocycles. The Kier molecular flexibility index (Phi) is 73.1. The summed E-state index contributed by atoms with van der Waals surface area (Å²) >= 11 is 0. The lowest BCUT2D eigenvalue weighted by molar-refractivity contribution is -0.161. The van der Waals surface area contributed by atoms with Gasteiger partial charge in [-0.1, -0.05) is 388 Å². The molecule has 0 aromatic carbocycles. The third-order valence-corrected chi connectivity index (χ3v) is 21.4. The number of rotatable bonds is 82. The largest absolute Gasteiger partial charge is 0.472 e. The normalized spacial score (nSPS) is 13.9. The van der Waals surface area contributed by atoms with Gasteiger partial charge in [0, 0.05) is 25.7 Å². The molecule has 0 aliphatic carbocycles. The van der Waals surface area contributed by atoms with Crippen LogP contribution in [0.1, 0.15) is 440 Å². The molecule has 0 aromatic heterocycles. The van der Waals surface area contributed by atoms with Gasteiger partial charge in [-0.2, -0.15) is 0 Å². The minimum atomic E-state index is -4.96. The van der Waals surface area contributed by atoms with Crippen molar-refractivity contribution >= 4 is 39.5 Å². The summed E-state index contributed by atoms with van der Waals surface area (Å²) in [6, 6.07) is 0. The Labute approximate surface area is 626 Å². The van der Waals surface area contributed by atoms with E-state index in [-0.39, 0.29) is 25.7 Å². The highest BCUT2D eigenvalue weighted by atomic mass is 31.2. The number of aliphatic hydroxyl groups is 1. The summed E-state index contributed by atoms with van der Waals surface area (Å²) in [6.07, 6.45) is 65.5. The van der Waals surface area contributed by atoms with Crippen molar-refractivity contribution in [2.24, 2.45) is 11.8 Å². The zero-order valence-electron chi connectivity index (χ0n) is 66.9. The smallest absolute Gasteiger partial charge is 0.462 e. The lowest BCUT2D eigenvalue weighted by atomic mass is 10.0. The summed E-state index contributed by atoms with van der Waals surface area (Å²) in [4.78, 5) is 73.0. The number of unbranched alkanes of at least 4 members (excludes halogenated alkanes) is 52. The molecule has 0 rings (SSSR count). The number of phosphoric ester groups is 2. The molecule has 0 saturated heterocycles. The molecule has 0 amide bonds. The quantitative estimate of drug-likeness (QED) is 0.0222. The maximum Gasteiger partial charge on any atom is 0.472 e. The number of ether oxygens (including phenoxy) is 4.